The Hall–Kier alpha value is -0.680. The van der Waals surface area contributed by atoms with E-state index in [0.717, 1.165) is 13.0 Å². The van der Waals surface area contributed by atoms with Gasteiger partial charge in [-0.15, -0.1) is 0 Å². The molecule has 0 N–H and O–H groups in total. The van der Waals surface area contributed by atoms with E-state index in [2.05, 4.69) is 34.8 Å². The van der Waals surface area contributed by atoms with Gasteiger partial charge in [0, 0.05) is 6.61 Å². The largest absolute Gasteiger partial charge is 0.380 e. The standard InChI is InChI=1S/C12H19BrN2O2/c1-9(2)4-6-17-7-5-15-8-14-10(3)11(13)12(15)16/h8-9H,4-7H2,1-3H3. The van der Waals surface area contributed by atoms with Crippen molar-refractivity contribution in [3.05, 3.63) is 26.8 Å². The lowest BCUT2D eigenvalue weighted by atomic mass is 10.1. The normalized spacial score (nSPS) is 11.1. The minimum atomic E-state index is -0.0510. The van der Waals surface area contributed by atoms with Crippen molar-refractivity contribution < 1.29 is 4.74 Å². The summed E-state index contributed by atoms with van der Waals surface area (Å²) in [4.78, 5) is 15.9. The maximum atomic E-state index is 11.8. The van der Waals surface area contributed by atoms with Gasteiger partial charge in [0.15, 0.2) is 0 Å². The van der Waals surface area contributed by atoms with E-state index in [-0.39, 0.29) is 5.56 Å². The van der Waals surface area contributed by atoms with Crippen LogP contribution in [-0.2, 0) is 11.3 Å². The number of hydrogen-bond acceptors (Lipinski definition) is 3. The van der Waals surface area contributed by atoms with Gasteiger partial charge >= 0.3 is 0 Å². The van der Waals surface area contributed by atoms with Crippen LogP contribution < -0.4 is 5.56 Å². The summed E-state index contributed by atoms with van der Waals surface area (Å²) in [5.74, 6) is 0.646. The van der Waals surface area contributed by atoms with Gasteiger partial charge in [-0.25, -0.2) is 4.98 Å². The summed E-state index contributed by atoms with van der Waals surface area (Å²) >= 11 is 3.24. The molecule has 17 heavy (non-hydrogen) atoms. The zero-order valence-electron chi connectivity index (χ0n) is 10.6. The first kappa shape index (κ1) is 14.4. The van der Waals surface area contributed by atoms with Crippen molar-refractivity contribution in [3.8, 4) is 0 Å². The number of nitrogens with zero attached hydrogens (tertiary/aromatic N) is 2. The number of aromatic nitrogens is 2. The fourth-order valence-electron chi connectivity index (χ4n) is 1.29. The van der Waals surface area contributed by atoms with E-state index in [9.17, 15) is 4.79 Å². The van der Waals surface area contributed by atoms with Gasteiger partial charge in [0.25, 0.3) is 5.56 Å². The molecular formula is C12H19BrN2O2. The van der Waals surface area contributed by atoms with E-state index in [1.54, 1.807) is 17.8 Å². The Kier molecular flexibility index (Phi) is 5.85. The van der Waals surface area contributed by atoms with Crippen molar-refractivity contribution in [1.29, 1.82) is 0 Å². The number of ether oxygens (including phenoxy) is 1. The number of hydrogen-bond donors (Lipinski definition) is 0. The highest BCUT2D eigenvalue weighted by Gasteiger charge is 2.04. The zero-order valence-corrected chi connectivity index (χ0v) is 12.2. The Bertz CT molecular complexity index is 415. The molecule has 0 unspecified atom stereocenters. The number of halogens is 1. The van der Waals surface area contributed by atoms with Crippen LogP contribution in [0.5, 0.6) is 0 Å². The highest BCUT2D eigenvalue weighted by molar-refractivity contribution is 9.10. The molecule has 0 saturated heterocycles. The molecule has 0 aliphatic rings. The summed E-state index contributed by atoms with van der Waals surface area (Å²) in [6.45, 7) is 7.96. The molecule has 0 amide bonds. The van der Waals surface area contributed by atoms with Crippen LogP contribution in [0.3, 0.4) is 0 Å². The molecule has 1 heterocycles. The van der Waals surface area contributed by atoms with Gasteiger partial charge in [-0.05, 0) is 35.2 Å². The first-order valence-electron chi connectivity index (χ1n) is 5.81. The van der Waals surface area contributed by atoms with E-state index < -0.39 is 0 Å². The SMILES string of the molecule is Cc1ncn(CCOCCC(C)C)c(=O)c1Br. The Balaban J connectivity index is 2.43. The van der Waals surface area contributed by atoms with Crippen LogP contribution in [0.15, 0.2) is 15.6 Å². The predicted molar refractivity (Wildman–Crippen MR) is 71.2 cm³/mol. The van der Waals surface area contributed by atoms with Crippen molar-refractivity contribution in [1.82, 2.24) is 9.55 Å². The minimum Gasteiger partial charge on any atom is -0.380 e. The van der Waals surface area contributed by atoms with Crippen LogP contribution in [0.25, 0.3) is 0 Å². The first-order chi connectivity index (χ1) is 8.02. The molecule has 0 radical (unpaired) electrons. The average molecular weight is 303 g/mol. The molecule has 0 aromatic carbocycles. The lowest BCUT2D eigenvalue weighted by molar-refractivity contribution is 0.115. The number of aryl methyl sites for hydroxylation is 1. The third kappa shape index (κ3) is 4.60. The molecule has 0 atom stereocenters. The van der Waals surface area contributed by atoms with Gasteiger partial charge in [-0.1, -0.05) is 13.8 Å². The van der Waals surface area contributed by atoms with E-state index in [4.69, 9.17) is 4.74 Å². The van der Waals surface area contributed by atoms with Gasteiger partial charge < -0.3 is 4.74 Å². The summed E-state index contributed by atoms with van der Waals surface area (Å²) in [5.41, 5.74) is 0.664. The smallest absolute Gasteiger partial charge is 0.267 e. The van der Waals surface area contributed by atoms with Crippen LogP contribution in [0.2, 0.25) is 0 Å². The third-order valence-corrected chi connectivity index (χ3v) is 3.39. The Labute approximate surface area is 110 Å². The molecule has 0 fully saturated rings. The highest BCUT2D eigenvalue weighted by Crippen LogP contribution is 2.06. The highest BCUT2D eigenvalue weighted by atomic mass is 79.9. The van der Waals surface area contributed by atoms with Crippen molar-refractivity contribution in [3.63, 3.8) is 0 Å². The van der Waals surface area contributed by atoms with E-state index in [1.807, 2.05) is 0 Å². The molecule has 0 bridgehead atoms. The third-order valence-electron chi connectivity index (χ3n) is 2.47. The van der Waals surface area contributed by atoms with Crippen LogP contribution >= 0.6 is 15.9 Å². The molecule has 0 aliphatic heterocycles. The van der Waals surface area contributed by atoms with E-state index >= 15 is 0 Å². The maximum absolute atomic E-state index is 11.8. The van der Waals surface area contributed by atoms with Gasteiger partial charge in [-0.2, -0.15) is 0 Å². The minimum absolute atomic E-state index is 0.0510. The van der Waals surface area contributed by atoms with Gasteiger partial charge in [0.05, 0.1) is 25.2 Å². The quantitative estimate of drug-likeness (QED) is 0.758. The molecule has 0 spiro atoms. The maximum Gasteiger partial charge on any atom is 0.267 e. The predicted octanol–water partition coefficient (Wildman–Crippen LogP) is 2.38. The van der Waals surface area contributed by atoms with Crippen LogP contribution in [-0.4, -0.2) is 22.8 Å². The Morgan fingerprint density at radius 2 is 2.18 bits per heavy atom. The summed E-state index contributed by atoms with van der Waals surface area (Å²) in [6.07, 6.45) is 2.61. The van der Waals surface area contributed by atoms with Crippen LogP contribution in [0.1, 0.15) is 26.0 Å². The summed E-state index contributed by atoms with van der Waals surface area (Å²) < 4.78 is 7.56. The van der Waals surface area contributed by atoms with Crippen LogP contribution in [0.4, 0.5) is 0 Å². The number of rotatable bonds is 6. The van der Waals surface area contributed by atoms with Gasteiger partial charge in [0.2, 0.25) is 0 Å². The van der Waals surface area contributed by atoms with Crippen molar-refractivity contribution >= 4 is 15.9 Å². The molecule has 1 aromatic rings. The van der Waals surface area contributed by atoms with Gasteiger partial charge in [-0.3, -0.25) is 9.36 Å². The molecule has 4 nitrogen and oxygen atoms in total. The molecule has 1 aromatic heterocycles. The fraction of sp³-hybridized carbons (Fsp3) is 0.667. The fourth-order valence-corrected chi connectivity index (χ4v) is 1.62. The molecule has 0 saturated carbocycles. The Morgan fingerprint density at radius 1 is 1.47 bits per heavy atom. The van der Waals surface area contributed by atoms with Crippen molar-refractivity contribution in [2.75, 3.05) is 13.2 Å². The average Bonchev–Trinajstić information content (AvgIpc) is 2.28. The lowest BCUT2D eigenvalue weighted by Crippen LogP contribution is -2.24. The summed E-state index contributed by atoms with van der Waals surface area (Å²) in [6, 6.07) is 0. The zero-order chi connectivity index (χ0) is 12.8. The summed E-state index contributed by atoms with van der Waals surface area (Å²) in [5, 5.41) is 0. The molecule has 1 rings (SSSR count). The van der Waals surface area contributed by atoms with Crippen molar-refractivity contribution in [2.45, 2.75) is 33.7 Å². The monoisotopic (exact) mass is 302 g/mol. The molecule has 0 aliphatic carbocycles. The first-order valence-corrected chi connectivity index (χ1v) is 6.61. The topological polar surface area (TPSA) is 44.1 Å². The molecule has 96 valence electrons. The van der Waals surface area contributed by atoms with Crippen molar-refractivity contribution in [2.24, 2.45) is 5.92 Å². The van der Waals surface area contributed by atoms with Gasteiger partial charge in [0.1, 0.15) is 4.47 Å². The molecular weight excluding hydrogens is 284 g/mol. The van der Waals surface area contributed by atoms with Crippen LogP contribution in [0, 0.1) is 12.8 Å². The second-order valence-electron chi connectivity index (χ2n) is 4.44. The Morgan fingerprint density at radius 3 is 2.82 bits per heavy atom. The van der Waals surface area contributed by atoms with E-state index in [0.29, 0.717) is 29.2 Å². The van der Waals surface area contributed by atoms with E-state index in [1.165, 1.54) is 0 Å². The lowest BCUT2D eigenvalue weighted by Gasteiger charge is -2.08. The second-order valence-corrected chi connectivity index (χ2v) is 5.23. The summed E-state index contributed by atoms with van der Waals surface area (Å²) in [7, 11) is 0. The second kappa shape index (κ2) is 6.91. The molecule has 5 heteroatoms.